The topological polar surface area (TPSA) is 70.7 Å². The van der Waals surface area contributed by atoms with E-state index < -0.39 is 67.6 Å². The van der Waals surface area contributed by atoms with Crippen molar-refractivity contribution in [2.45, 2.75) is 109 Å². The quantitative estimate of drug-likeness (QED) is 0.171. The van der Waals surface area contributed by atoms with Crippen LogP contribution in [-0.4, -0.2) is 37.6 Å². The maximum atomic E-state index is 15.4. The van der Waals surface area contributed by atoms with Gasteiger partial charge in [-0.15, -0.1) is 0 Å². The van der Waals surface area contributed by atoms with Gasteiger partial charge in [0, 0.05) is 28.1 Å². The van der Waals surface area contributed by atoms with Gasteiger partial charge in [-0.3, -0.25) is 9.59 Å². The Balaban J connectivity index is 1.48. The first-order valence-corrected chi connectivity index (χ1v) is 20.2. The Bertz CT molecular complexity index is 1790. The third-order valence-corrected chi connectivity index (χ3v) is 15.0. The number of piperidine rings is 1. The molecule has 2 N–H and O–H groups in total. The minimum atomic E-state index is -4.72. The molecule has 5 rings (SSSR count). The molecule has 1 saturated heterocycles. The van der Waals surface area contributed by atoms with E-state index in [0.29, 0.717) is 18.0 Å². The van der Waals surface area contributed by atoms with Gasteiger partial charge in [0.1, 0.15) is 5.82 Å². The fraction of sp³-hybridized carbons (Fsp3) is 0.487. The molecule has 6 nitrogen and oxygen atoms in total. The molecule has 2 amide bonds. The molecule has 1 heterocycles. The van der Waals surface area contributed by atoms with Crippen molar-refractivity contribution in [3.63, 3.8) is 0 Å². The molecule has 0 radical (unpaired) electrons. The number of aryl methyl sites for hydroxylation is 1. The summed E-state index contributed by atoms with van der Waals surface area (Å²) >= 11 is 0. The molecule has 1 aliphatic heterocycles. The number of alkyl halides is 3. The van der Waals surface area contributed by atoms with Gasteiger partial charge < -0.3 is 20.0 Å². The fourth-order valence-electron chi connectivity index (χ4n) is 6.63. The molecule has 270 valence electrons. The SMILES string of the molecule is [2H]C([2H])([2H])c1cccc(F)c1C(=O)N1CCC[C@H](C(=O)Nc2ccc(CO[Si](C)(C)C(C)(C)C)c(C(F)(F)F)c2)[C@@H]1c1ccc(NC2CCCC2)cc1. The van der Waals surface area contributed by atoms with Crippen LogP contribution in [0.4, 0.5) is 28.9 Å². The minimum absolute atomic E-state index is 0.0473. The van der Waals surface area contributed by atoms with E-state index in [1.54, 1.807) is 12.1 Å². The van der Waals surface area contributed by atoms with E-state index in [9.17, 15) is 22.8 Å². The molecule has 1 aliphatic carbocycles. The van der Waals surface area contributed by atoms with Crippen LogP contribution in [0.25, 0.3) is 0 Å². The van der Waals surface area contributed by atoms with Crippen LogP contribution in [0.15, 0.2) is 60.7 Å². The van der Waals surface area contributed by atoms with Crippen LogP contribution in [0, 0.1) is 18.6 Å². The maximum absolute atomic E-state index is 15.4. The number of halogens is 4. The Morgan fingerprint density at radius 3 is 2.28 bits per heavy atom. The summed E-state index contributed by atoms with van der Waals surface area (Å²) in [6.07, 6.45) is 0.231. The van der Waals surface area contributed by atoms with Crippen LogP contribution in [0.3, 0.4) is 0 Å². The Labute approximate surface area is 298 Å². The van der Waals surface area contributed by atoms with Crippen LogP contribution < -0.4 is 10.6 Å². The molecule has 2 atom stereocenters. The van der Waals surface area contributed by atoms with Gasteiger partial charge in [0.05, 0.1) is 29.7 Å². The zero-order valence-corrected chi connectivity index (χ0v) is 30.3. The first-order valence-electron chi connectivity index (χ1n) is 18.8. The lowest BCUT2D eigenvalue weighted by Gasteiger charge is -2.41. The molecule has 2 aliphatic rings. The molecular weight excluding hydrogens is 663 g/mol. The number of rotatable bonds is 9. The second-order valence-corrected chi connectivity index (χ2v) is 19.8. The molecule has 1 saturated carbocycles. The van der Waals surface area contributed by atoms with E-state index >= 15 is 4.39 Å². The average molecular weight is 715 g/mol. The number of hydrogen-bond acceptors (Lipinski definition) is 4. The van der Waals surface area contributed by atoms with Gasteiger partial charge in [-0.2, -0.15) is 13.2 Å². The standard InChI is InChI=1S/C39H49F4N3O3Si/c1-25-11-9-15-33(40)34(25)37(48)46-22-10-14-31(35(46)26-16-19-29(20-17-26)44-28-12-7-8-13-28)36(47)45-30-21-18-27(32(23-30)39(41,42)43)24-49-50(5,6)38(2,3)4/h9,11,15-21,23,28,31,35,44H,7-8,10,12-14,22,24H2,1-6H3,(H,45,47)/t31-,35-/m0/s1/i1D3. The van der Waals surface area contributed by atoms with Crippen molar-refractivity contribution in [2.75, 3.05) is 17.2 Å². The number of nitrogens with one attached hydrogen (secondary N) is 2. The van der Waals surface area contributed by atoms with E-state index in [4.69, 9.17) is 8.54 Å². The molecule has 0 bridgehead atoms. The second-order valence-electron chi connectivity index (χ2n) is 15.0. The lowest BCUT2D eigenvalue weighted by Crippen LogP contribution is -2.46. The van der Waals surface area contributed by atoms with Gasteiger partial charge in [0.15, 0.2) is 8.32 Å². The normalized spacial score (nSPS) is 20.2. The van der Waals surface area contributed by atoms with Crippen LogP contribution in [0.1, 0.15) is 102 Å². The van der Waals surface area contributed by atoms with Crippen molar-refractivity contribution in [1.82, 2.24) is 4.90 Å². The number of hydrogen-bond donors (Lipinski definition) is 2. The van der Waals surface area contributed by atoms with E-state index in [1.807, 2.05) is 46.0 Å². The molecule has 0 spiro atoms. The average Bonchev–Trinajstić information content (AvgIpc) is 3.59. The Kier molecular flexibility index (Phi) is 9.95. The molecule has 11 heteroatoms. The number of anilines is 2. The first kappa shape index (κ1) is 33.4. The first-order chi connectivity index (χ1) is 24.7. The summed E-state index contributed by atoms with van der Waals surface area (Å²) in [5, 5.41) is 5.96. The van der Waals surface area contributed by atoms with Crippen molar-refractivity contribution >= 4 is 31.5 Å². The second kappa shape index (κ2) is 14.9. The molecule has 2 fully saturated rings. The molecule has 50 heavy (non-hydrogen) atoms. The predicted octanol–water partition coefficient (Wildman–Crippen LogP) is 10.3. The highest BCUT2D eigenvalue weighted by molar-refractivity contribution is 6.74. The van der Waals surface area contributed by atoms with E-state index in [0.717, 1.165) is 43.5 Å². The van der Waals surface area contributed by atoms with Crippen LogP contribution in [0.5, 0.6) is 0 Å². The summed E-state index contributed by atoms with van der Waals surface area (Å²) in [5.41, 5.74) is -0.676. The zero-order chi connectivity index (χ0) is 38.9. The third-order valence-electron chi connectivity index (χ3n) is 10.5. The smallest absolute Gasteiger partial charge is 0.413 e. The van der Waals surface area contributed by atoms with Gasteiger partial charge in [0.25, 0.3) is 5.91 Å². The highest BCUT2D eigenvalue weighted by Gasteiger charge is 2.42. The maximum Gasteiger partial charge on any atom is 0.416 e. The lowest BCUT2D eigenvalue weighted by molar-refractivity contribution is -0.138. The number of carbonyl (C=O) groups is 2. The Hall–Kier alpha value is -3.70. The summed E-state index contributed by atoms with van der Waals surface area (Å²) < 4.78 is 88.6. The van der Waals surface area contributed by atoms with E-state index in [1.165, 1.54) is 29.2 Å². The van der Waals surface area contributed by atoms with Gasteiger partial charge in [-0.25, -0.2) is 4.39 Å². The molecule has 0 aromatic heterocycles. The molecule has 3 aromatic rings. The van der Waals surface area contributed by atoms with Crippen LogP contribution in [-0.2, 0) is 22.0 Å². The number of amides is 2. The highest BCUT2D eigenvalue weighted by Crippen LogP contribution is 2.41. The Morgan fingerprint density at radius 1 is 0.960 bits per heavy atom. The molecule has 0 unspecified atom stereocenters. The van der Waals surface area contributed by atoms with Gasteiger partial charge in [-0.1, -0.05) is 63.9 Å². The highest BCUT2D eigenvalue weighted by atomic mass is 28.4. The fourth-order valence-corrected chi connectivity index (χ4v) is 7.58. The predicted molar refractivity (Wildman–Crippen MR) is 192 cm³/mol. The number of nitrogens with zero attached hydrogens (tertiary/aromatic N) is 1. The third kappa shape index (κ3) is 8.42. The van der Waals surface area contributed by atoms with Crippen molar-refractivity contribution < 1.29 is 35.7 Å². The summed E-state index contributed by atoms with van der Waals surface area (Å²) in [5.74, 6) is -3.46. The lowest BCUT2D eigenvalue weighted by atomic mass is 9.83. The van der Waals surface area contributed by atoms with E-state index in [-0.39, 0.29) is 35.9 Å². The van der Waals surface area contributed by atoms with E-state index in [2.05, 4.69) is 10.6 Å². The summed E-state index contributed by atoms with van der Waals surface area (Å²) in [6, 6.07) is 13.7. The number of carbonyl (C=O) groups excluding carboxylic acids is 2. The summed E-state index contributed by atoms with van der Waals surface area (Å²) in [7, 11) is -2.37. The van der Waals surface area contributed by atoms with Crippen molar-refractivity contribution in [3.8, 4) is 0 Å². The van der Waals surface area contributed by atoms with Crippen molar-refractivity contribution in [2.24, 2.45) is 5.92 Å². The monoisotopic (exact) mass is 714 g/mol. The largest absolute Gasteiger partial charge is 0.416 e. The van der Waals surface area contributed by atoms with Crippen molar-refractivity contribution in [3.05, 3.63) is 94.3 Å². The molecule has 3 aromatic carbocycles. The van der Waals surface area contributed by atoms with Gasteiger partial charge in [0.2, 0.25) is 5.91 Å². The molecular formula is C39H49F4N3O3Si. The van der Waals surface area contributed by atoms with Crippen molar-refractivity contribution in [1.29, 1.82) is 0 Å². The van der Waals surface area contributed by atoms with Crippen LogP contribution in [0.2, 0.25) is 18.1 Å². The van der Waals surface area contributed by atoms with Gasteiger partial charge in [-0.05, 0) is 97.7 Å². The number of likely N-dealkylation sites (tertiary alicyclic amines) is 1. The van der Waals surface area contributed by atoms with Crippen LogP contribution >= 0.6 is 0 Å². The Morgan fingerprint density at radius 2 is 1.64 bits per heavy atom. The van der Waals surface area contributed by atoms with Gasteiger partial charge >= 0.3 is 6.18 Å². The summed E-state index contributed by atoms with van der Waals surface area (Å²) in [4.78, 5) is 29.7. The minimum Gasteiger partial charge on any atom is -0.413 e. The zero-order valence-electron chi connectivity index (χ0n) is 32.3. The number of benzene rings is 3. The summed E-state index contributed by atoms with van der Waals surface area (Å²) in [6.45, 7) is 6.99.